The molecule has 4 rings (SSSR count). The molecule has 0 radical (unpaired) electrons. The van der Waals surface area contributed by atoms with Gasteiger partial charge in [0, 0.05) is 23.5 Å². The number of fused-ring (bicyclic) bond motifs is 1. The minimum Gasteiger partial charge on any atom is -0.312 e. The molecule has 2 heterocycles. The van der Waals surface area contributed by atoms with Gasteiger partial charge in [-0.2, -0.15) is 0 Å². The predicted octanol–water partition coefficient (Wildman–Crippen LogP) is 4.32. The first-order valence-corrected chi connectivity index (χ1v) is 10.7. The molecule has 7 heteroatoms. The number of thioether (sulfide) groups is 1. The number of carbonyl (C=O) groups is 2. The second-order valence-electron chi connectivity index (χ2n) is 6.59. The number of nitrogens with zero attached hydrogens (tertiary/aromatic N) is 2. The molecule has 1 fully saturated rings. The molecule has 1 saturated heterocycles. The van der Waals surface area contributed by atoms with Crippen molar-refractivity contribution in [3.05, 3.63) is 48.0 Å². The number of thiazole rings is 1. The van der Waals surface area contributed by atoms with Crippen LogP contribution in [0.15, 0.2) is 47.4 Å². The Bertz CT molecular complexity index is 1030. The average molecular weight is 398 g/mol. The second-order valence-corrected chi connectivity index (χ2v) is 8.50. The molecule has 0 saturated carbocycles. The van der Waals surface area contributed by atoms with E-state index in [-0.39, 0.29) is 24.2 Å². The van der Waals surface area contributed by atoms with Crippen molar-refractivity contribution in [3.63, 3.8) is 0 Å². The Morgan fingerprint density at radius 1 is 1.30 bits per heavy atom. The Balaban J connectivity index is 1.48. The molecule has 1 atom stereocenters. The van der Waals surface area contributed by atoms with Gasteiger partial charge >= 0.3 is 0 Å². The summed E-state index contributed by atoms with van der Waals surface area (Å²) in [6.07, 6.45) is 2.22. The van der Waals surface area contributed by atoms with E-state index in [0.29, 0.717) is 11.7 Å². The van der Waals surface area contributed by atoms with Crippen LogP contribution in [0.3, 0.4) is 0 Å². The van der Waals surface area contributed by atoms with Crippen LogP contribution in [0.2, 0.25) is 0 Å². The van der Waals surface area contributed by atoms with E-state index >= 15 is 0 Å². The fourth-order valence-corrected chi connectivity index (χ4v) is 4.62. The van der Waals surface area contributed by atoms with Crippen molar-refractivity contribution in [2.45, 2.75) is 18.2 Å². The quantitative estimate of drug-likeness (QED) is 0.666. The summed E-state index contributed by atoms with van der Waals surface area (Å²) >= 11 is 3.09. The van der Waals surface area contributed by atoms with Crippen molar-refractivity contribution in [1.29, 1.82) is 0 Å². The molecule has 0 aliphatic carbocycles. The summed E-state index contributed by atoms with van der Waals surface area (Å²) in [4.78, 5) is 32.4. The molecule has 27 heavy (non-hydrogen) atoms. The third-order valence-corrected chi connectivity index (χ3v) is 6.29. The Kier molecular flexibility index (Phi) is 4.88. The highest BCUT2D eigenvalue weighted by Gasteiger charge is 2.35. The number of carbonyl (C=O) groups excluding carboxylic acids is 2. The van der Waals surface area contributed by atoms with Crippen molar-refractivity contribution >= 4 is 55.9 Å². The summed E-state index contributed by atoms with van der Waals surface area (Å²) in [6.45, 7) is 2.43. The van der Waals surface area contributed by atoms with E-state index < -0.39 is 0 Å². The van der Waals surface area contributed by atoms with Crippen LogP contribution in [0.1, 0.15) is 12.0 Å². The van der Waals surface area contributed by atoms with E-state index in [1.807, 2.05) is 49.6 Å². The second kappa shape index (κ2) is 7.32. The minimum absolute atomic E-state index is 0.0201. The molecule has 3 aromatic rings. The smallest absolute Gasteiger partial charge is 0.231 e. The fraction of sp³-hybridized carbons (Fsp3) is 0.250. The molecule has 0 spiro atoms. The Morgan fingerprint density at radius 3 is 2.96 bits per heavy atom. The molecule has 138 valence electrons. The normalized spacial score (nSPS) is 16.9. The summed E-state index contributed by atoms with van der Waals surface area (Å²) < 4.78 is 1.04. The summed E-state index contributed by atoms with van der Waals surface area (Å²) in [6, 6.07) is 13.9. The van der Waals surface area contributed by atoms with Crippen molar-refractivity contribution < 1.29 is 9.59 Å². The van der Waals surface area contributed by atoms with Crippen molar-refractivity contribution in [1.82, 2.24) is 4.98 Å². The average Bonchev–Trinajstić information content (AvgIpc) is 3.24. The number of rotatable bonds is 4. The van der Waals surface area contributed by atoms with Crippen LogP contribution >= 0.6 is 23.1 Å². The van der Waals surface area contributed by atoms with Crippen LogP contribution < -0.4 is 10.2 Å². The van der Waals surface area contributed by atoms with Gasteiger partial charge in [0.25, 0.3) is 0 Å². The summed E-state index contributed by atoms with van der Waals surface area (Å²) in [5.41, 5.74) is 2.88. The van der Waals surface area contributed by atoms with E-state index in [0.717, 1.165) is 26.4 Å². The predicted molar refractivity (Wildman–Crippen MR) is 112 cm³/mol. The fourth-order valence-electron chi connectivity index (χ4n) is 3.20. The lowest BCUT2D eigenvalue weighted by atomic mass is 10.1. The monoisotopic (exact) mass is 397 g/mol. The molecule has 2 aromatic carbocycles. The molecule has 1 aliphatic rings. The van der Waals surface area contributed by atoms with Crippen LogP contribution in [0.25, 0.3) is 10.2 Å². The van der Waals surface area contributed by atoms with Crippen LogP contribution in [0, 0.1) is 12.8 Å². The van der Waals surface area contributed by atoms with E-state index in [9.17, 15) is 9.59 Å². The third-order valence-electron chi connectivity index (χ3n) is 4.63. The summed E-state index contributed by atoms with van der Waals surface area (Å²) in [7, 11) is 0. The van der Waals surface area contributed by atoms with Gasteiger partial charge in [-0.1, -0.05) is 23.5 Å². The van der Waals surface area contributed by atoms with Crippen LogP contribution in [-0.4, -0.2) is 29.6 Å². The zero-order chi connectivity index (χ0) is 19.0. The van der Waals surface area contributed by atoms with Crippen molar-refractivity contribution in [2.75, 3.05) is 23.0 Å². The molecule has 5 nitrogen and oxygen atoms in total. The Hall–Kier alpha value is -2.38. The minimum atomic E-state index is -0.371. The highest BCUT2D eigenvalue weighted by atomic mass is 32.2. The molecule has 1 aromatic heterocycles. The van der Waals surface area contributed by atoms with Gasteiger partial charge in [0.1, 0.15) is 0 Å². The van der Waals surface area contributed by atoms with Crippen LogP contribution in [-0.2, 0) is 9.59 Å². The number of hydrogen-bond donors (Lipinski definition) is 1. The Morgan fingerprint density at radius 2 is 2.15 bits per heavy atom. The van der Waals surface area contributed by atoms with Gasteiger partial charge in [0.15, 0.2) is 5.13 Å². The lowest BCUT2D eigenvalue weighted by molar-refractivity contribution is -0.122. The van der Waals surface area contributed by atoms with Gasteiger partial charge < -0.3 is 10.2 Å². The molecule has 1 aliphatic heterocycles. The first kappa shape index (κ1) is 18.0. The standard InChI is InChI=1S/C20H19N3O2S2/c1-12-6-7-16-17(8-12)27-20(21-16)22-19(25)13-9-18(24)23(11-13)14-4-3-5-15(10-14)26-2/h3-8,10,13H,9,11H2,1-2H3,(H,21,22,25)/t13-/m0/s1. The maximum absolute atomic E-state index is 12.7. The number of hydrogen-bond acceptors (Lipinski definition) is 5. The first-order valence-electron chi connectivity index (χ1n) is 8.66. The summed E-state index contributed by atoms with van der Waals surface area (Å²) in [5, 5.41) is 3.47. The van der Waals surface area contributed by atoms with E-state index in [1.165, 1.54) is 11.3 Å². The maximum Gasteiger partial charge on any atom is 0.231 e. The van der Waals surface area contributed by atoms with Gasteiger partial charge in [-0.15, -0.1) is 11.8 Å². The van der Waals surface area contributed by atoms with E-state index in [2.05, 4.69) is 16.4 Å². The number of nitrogens with one attached hydrogen (secondary N) is 1. The zero-order valence-electron chi connectivity index (χ0n) is 15.1. The highest BCUT2D eigenvalue weighted by molar-refractivity contribution is 7.98. The van der Waals surface area contributed by atoms with Gasteiger partial charge in [-0.05, 0) is 49.1 Å². The number of benzene rings is 2. The van der Waals surface area contributed by atoms with E-state index in [4.69, 9.17) is 0 Å². The summed E-state index contributed by atoms with van der Waals surface area (Å²) in [5.74, 6) is -0.542. The van der Waals surface area contributed by atoms with Crippen LogP contribution in [0.4, 0.5) is 10.8 Å². The molecule has 2 amide bonds. The largest absolute Gasteiger partial charge is 0.312 e. The van der Waals surface area contributed by atoms with E-state index in [1.54, 1.807) is 16.7 Å². The van der Waals surface area contributed by atoms with Gasteiger partial charge in [-0.3, -0.25) is 9.59 Å². The molecule has 1 N–H and O–H groups in total. The third kappa shape index (κ3) is 3.70. The first-order chi connectivity index (χ1) is 13.0. The van der Waals surface area contributed by atoms with Gasteiger partial charge in [0.05, 0.1) is 16.1 Å². The number of aromatic nitrogens is 1. The molecule has 0 unspecified atom stereocenters. The van der Waals surface area contributed by atoms with Gasteiger partial charge in [-0.25, -0.2) is 4.98 Å². The zero-order valence-corrected chi connectivity index (χ0v) is 16.7. The van der Waals surface area contributed by atoms with Crippen molar-refractivity contribution in [3.8, 4) is 0 Å². The Labute approximate surface area is 165 Å². The topological polar surface area (TPSA) is 62.3 Å². The van der Waals surface area contributed by atoms with Gasteiger partial charge in [0.2, 0.25) is 11.8 Å². The van der Waals surface area contributed by atoms with Crippen LogP contribution in [0.5, 0.6) is 0 Å². The molecule has 0 bridgehead atoms. The maximum atomic E-state index is 12.7. The van der Waals surface area contributed by atoms with Crippen molar-refractivity contribution in [2.24, 2.45) is 5.92 Å². The lowest BCUT2D eigenvalue weighted by Crippen LogP contribution is -2.28. The lowest BCUT2D eigenvalue weighted by Gasteiger charge is -2.17. The molecular formula is C20H19N3O2S2. The highest BCUT2D eigenvalue weighted by Crippen LogP contribution is 2.30. The molecular weight excluding hydrogens is 378 g/mol. The SMILES string of the molecule is CSc1cccc(N2C[C@@H](C(=O)Nc3nc4ccc(C)cc4s3)CC2=O)c1. The number of anilines is 2. The number of amides is 2. The number of aryl methyl sites for hydroxylation is 1.